The van der Waals surface area contributed by atoms with Crippen molar-refractivity contribution in [2.45, 2.75) is 53.0 Å². The van der Waals surface area contributed by atoms with E-state index in [0.717, 1.165) is 12.2 Å². The number of aromatic nitrogens is 2. The minimum atomic E-state index is -0.119. The lowest BCUT2D eigenvalue weighted by atomic mass is 10.1. The third-order valence-corrected chi connectivity index (χ3v) is 2.41. The van der Waals surface area contributed by atoms with Crippen LogP contribution < -0.4 is 0 Å². The molecule has 94 valence electrons. The lowest BCUT2D eigenvalue weighted by molar-refractivity contribution is 0.664. The van der Waals surface area contributed by atoms with Gasteiger partial charge in [-0.1, -0.05) is 27.2 Å². The maximum Gasteiger partial charge on any atom is 0.154 e. The van der Waals surface area contributed by atoms with Gasteiger partial charge in [0.2, 0.25) is 0 Å². The molecule has 3 heteroatoms. The molecule has 0 aromatic carbocycles. The van der Waals surface area contributed by atoms with Crippen LogP contribution in [0, 0.1) is 0 Å². The van der Waals surface area contributed by atoms with Gasteiger partial charge in [-0.25, -0.2) is 4.98 Å². The molecule has 0 spiro atoms. The van der Waals surface area contributed by atoms with E-state index in [9.17, 15) is 0 Å². The Morgan fingerprint density at radius 3 is 2.47 bits per heavy atom. The third-order valence-electron chi connectivity index (χ3n) is 2.41. The first-order chi connectivity index (χ1) is 8.04. The number of aryl methyl sites for hydroxylation is 1. The molecule has 0 atom stereocenters. The zero-order chi connectivity index (χ0) is 12.9. The minimum absolute atomic E-state index is 0.119. The Hall–Kier alpha value is -1.38. The Kier molecular flexibility index (Phi) is 4.67. The fourth-order valence-corrected chi connectivity index (χ4v) is 1.47. The van der Waals surface area contributed by atoms with E-state index in [4.69, 9.17) is 0 Å². The van der Waals surface area contributed by atoms with Crippen LogP contribution in [0.25, 0.3) is 6.20 Å². The molecule has 0 saturated heterocycles. The SMILES string of the molecule is CCC.CCc1cnc2n1C=CC(C)(C)N=C2. The summed E-state index contributed by atoms with van der Waals surface area (Å²) in [6, 6.07) is 0. The molecule has 2 rings (SSSR count). The largest absolute Gasteiger partial charge is 0.303 e. The van der Waals surface area contributed by atoms with Crippen molar-refractivity contribution in [3.63, 3.8) is 0 Å². The highest BCUT2D eigenvalue weighted by molar-refractivity contribution is 5.78. The van der Waals surface area contributed by atoms with Gasteiger partial charge in [0.25, 0.3) is 0 Å². The number of rotatable bonds is 1. The fourth-order valence-electron chi connectivity index (χ4n) is 1.47. The second kappa shape index (κ2) is 5.80. The highest BCUT2D eigenvalue weighted by Gasteiger charge is 2.15. The summed E-state index contributed by atoms with van der Waals surface area (Å²) in [5, 5.41) is 0. The number of hydrogen-bond acceptors (Lipinski definition) is 2. The van der Waals surface area contributed by atoms with Gasteiger partial charge in [-0.3, -0.25) is 4.99 Å². The molecule has 3 nitrogen and oxygen atoms in total. The van der Waals surface area contributed by atoms with Crippen LogP contribution in [-0.4, -0.2) is 21.3 Å². The van der Waals surface area contributed by atoms with Crippen molar-refractivity contribution in [3.8, 4) is 0 Å². The van der Waals surface area contributed by atoms with E-state index in [1.165, 1.54) is 12.1 Å². The van der Waals surface area contributed by atoms with Gasteiger partial charge in [0.05, 0.1) is 11.8 Å². The Morgan fingerprint density at radius 1 is 1.24 bits per heavy atom. The van der Waals surface area contributed by atoms with Crippen molar-refractivity contribution < 1.29 is 0 Å². The number of fused-ring (bicyclic) bond motifs is 1. The van der Waals surface area contributed by atoms with E-state index < -0.39 is 0 Å². The summed E-state index contributed by atoms with van der Waals surface area (Å²) in [4.78, 5) is 8.76. The summed E-state index contributed by atoms with van der Waals surface area (Å²) in [6.07, 6.45) is 10.2. The maximum absolute atomic E-state index is 4.45. The molecule has 0 saturated carbocycles. The first-order valence-corrected chi connectivity index (χ1v) is 6.34. The van der Waals surface area contributed by atoms with Crippen molar-refractivity contribution in [1.29, 1.82) is 0 Å². The van der Waals surface area contributed by atoms with Crippen molar-refractivity contribution in [1.82, 2.24) is 9.55 Å². The van der Waals surface area contributed by atoms with Crippen molar-refractivity contribution in [3.05, 3.63) is 23.8 Å². The van der Waals surface area contributed by atoms with Crippen LogP contribution >= 0.6 is 0 Å². The lowest BCUT2D eigenvalue weighted by Crippen LogP contribution is -2.11. The maximum atomic E-state index is 4.45. The topological polar surface area (TPSA) is 30.2 Å². The zero-order valence-corrected chi connectivity index (χ0v) is 11.6. The quantitative estimate of drug-likeness (QED) is 0.729. The van der Waals surface area contributed by atoms with Gasteiger partial charge in [-0.05, 0) is 26.3 Å². The molecule has 1 aliphatic heterocycles. The summed E-state index contributed by atoms with van der Waals surface area (Å²) in [5.74, 6) is 0.920. The second-order valence-electron chi connectivity index (χ2n) is 4.77. The summed E-state index contributed by atoms with van der Waals surface area (Å²) in [7, 11) is 0. The molecule has 1 aromatic rings. The zero-order valence-electron chi connectivity index (χ0n) is 11.6. The van der Waals surface area contributed by atoms with Crippen LogP contribution in [0.15, 0.2) is 17.3 Å². The second-order valence-corrected chi connectivity index (χ2v) is 4.77. The summed E-state index contributed by atoms with van der Waals surface area (Å²) >= 11 is 0. The number of imidazole rings is 1. The van der Waals surface area contributed by atoms with E-state index in [0.29, 0.717) is 0 Å². The summed E-state index contributed by atoms with van der Waals surface area (Å²) in [5.41, 5.74) is 1.10. The van der Waals surface area contributed by atoms with Gasteiger partial charge in [0.1, 0.15) is 0 Å². The Labute approximate surface area is 104 Å². The monoisotopic (exact) mass is 233 g/mol. The minimum Gasteiger partial charge on any atom is -0.303 e. The van der Waals surface area contributed by atoms with Crippen LogP contribution in [0.2, 0.25) is 0 Å². The molecule has 0 unspecified atom stereocenters. The smallest absolute Gasteiger partial charge is 0.154 e. The Balaban J connectivity index is 0.000000437. The molecule has 17 heavy (non-hydrogen) atoms. The van der Waals surface area contributed by atoms with Crippen molar-refractivity contribution >= 4 is 12.4 Å². The van der Waals surface area contributed by atoms with Crippen molar-refractivity contribution in [2.75, 3.05) is 0 Å². The first kappa shape index (κ1) is 13.7. The van der Waals surface area contributed by atoms with E-state index >= 15 is 0 Å². The molecule has 0 fully saturated rings. The molecule has 0 bridgehead atoms. The fraction of sp³-hybridized carbons (Fsp3) is 0.571. The molecule has 0 amide bonds. The van der Waals surface area contributed by atoms with Crippen LogP contribution in [0.3, 0.4) is 0 Å². The van der Waals surface area contributed by atoms with Gasteiger partial charge < -0.3 is 4.57 Å². The standard InChI is InChI=1S/C11H15N3.C3H8/c1-4-9-7-12-10-8-13-11(2,3)5-6-14(9)10;1-3-2/h5-8H,4H2,1-3H3;3H2,1-2H3. The van der Waals surface area contributed by atoms with Gasteiger partial charge in [-0.15, -0.1) is 0 Å². The van der Waals surface area contributed by atoms with Gasteiger partial charge >= 0.3 is 0 Å². The van der Waals surface area contributed by atoms with Gasteiger partial charge in [0, 0.05) is 18.1 Å². The highest BCUT2D eigenvalue weighted by atomic mass is 15.1. The molecule has 1 aromatic heterocycles. The van der Waals surface area contributed by atoms with Crippen molar-refractivity contribution in [2.24, 2.45) is 4.99 Å². The normalized spacial score (nSPS) is 15.8. The van der Waals surface area contributed by atoms with Crippen LogP contribution in [0.4, 0.5) is 0 Å². The van der Waals surface area contributed by atoms with E-state index in [-0.39, 0.29) is 5.54 Å². The first-order valence-electron chi connectivity index (χ1n) is 6.34. The lowest BCUT2D eigenvalue weighted by Gasteiger charge is -2.11. The third kappa shape index (κ3) is 3.55. The summed E-state index contributed by atoms with van der Waals surface area (Å²) in [6.45, 7) is 10.5. The average Bonchev–Trinajstić information content (AvgIpc) is 2.60. The predicted molar refractivity (Wildman–Crippen MR) is 74.6 cm³/mol. The van der Waals surface area contributed by atoms with Gasteiger partial charge in [0.15, 0.2) is 5.82 Å². The van der Waals surface area contributed by atoms with Crippen LogP contribution in [0.1, 0.15) is 52.6 Å². The Morgan fingerprint density at radius 2 is 1.88 bits per heavy atom. The molecule has 2 heterocycles. The van der Waals surface area contributed by atoms with E-state index in [2.05, 4.69) is 61.4 Å². The number of hydrogen-bond donors (Lipinski definition) is 0. The van der Waals surface area contributed by atoms with Crippen LogP contribution in [0.5, 0.6) is 0 Å². The van der Waals surface area contributed by atoms with Crippen LogP contribution in [-0.2, 0) is 6.42 Å². The molecule has 0 aliphatic carbocycles. The Bertz CT molecular complexity index is 411. The molecular formula is C14H23N3. The van der Waals surface area contributed by atoms with E-state index in [1.54, 1.807) is 0 Å². The predicted octanol–water partition coefficient (Wildman–Crippen LogP) is 3.54. The number of nitrogens with zero attached hydrogens (tertiary/aromatic N) is 3. The summed E-state index contributed by atoms with van der Waals surface area (Å²) < 4.78 is 2.10. The average molecular weight is 233 g/mol. The molecule has 0 N–H and O–H groups in total. The molecule has 0 radical (unpaired) electrons. The molecular weight excluding hydrogens is 210 g/mol. The molecule has 1 aliphatic rings. The highest BCUT2D eigenvalue weighted by Crippen LogP contribution is 2.16. The van der Waals surface area contributed by atoms with E-state index in [1.807, 2.05) is 12.4 Å². The number of aliphatic imine (C=N–C) groups is 1. The van der Waals surface area contributed by atoms with Gasteiger partial charge in [-0.2, -0.15) is 0 Å².